The minimum atomic E-state index is -4.38. The maximum absolute atomic E-state index is 12.6. The van der Waals surface area contributed by atoms with E-state index in [9.17, 15) is 19.0 Å². The highest BCUT2D eigenvalue weighted by Crippen LogP contribution is 2.43. The second-order valence-corrected chi connectivity index (χ2v) is 17.4. The monoisotopic (exact) mass is 840 g/mol. The summed E-state index contributed by atoms with van der Waals surface area (Å²) < 4.78 is 32.8. The van der Waals surface area contributed by atoms with Crippen molar-refractivity contribution in [1.82, 2.24) is 0 Å². The maximum Gasteiger partial charge on any atom is 0.472 e. The Labute approximate surface area is 356 Å². The van der Waals surface area contributed by atoms with Crippen LogP contribution in [0.1, 0.15) is 226 Å². The van der Waals surface area contributed by atoms with Crippen molar-refractivity contribution in [2.45, 2.75) is 232 Å². The summed E-state index contributed by atoms with van der Waals surface area (Å²) in [6.45, 7) is 3.72. The summed E-state index contributed by atoms with van der Waals surface area (Å²) in [7, 11) is -4.38. The number of nitrogens with two attached hydrogens (primary N) is 1. The van der Waals surface area contributed by atoms with E-state index in [1.54, 1.807) is 0 Å². The van der Waals surface area contributed by atoms with Crippen LogP contribution >= 0.6 is 7.82 Å². The number of allylic oxidation sites excluding steroid dienone is 6. The summed E-state index contributed by atoms with van der Waals surface area (Å²) in [5, 5.41) is 0. The van der Waals surface area contributed by atoms with Crippen molar-refractivity contribution < 1.29 is 37.6 Å². The number of unbranched alkanes of at least 4 members (excludes halogenated alkanes) is 26. The fourth-order valence-corrected chi connectivity index (χ4v) is 7.43. The van der Waals surface area contributed by atoms with Crippen LogP contribution in [0.2, 0.25) is 0 Å². The van der Waals surface area contributed by atoms with Gasteiger partial charge in [-0.15, -0.1) is 0 Å². The molecule has 58 heavy (non-hydrogen) atoms. The van der Waals surface area contributed by atoms with Crippen molar-refractivity contribution >= 4 is 19.8 Å². The summed E-state index contributed by atoms with van der Waals surface area (Å²) in [6.07, 6.45) is 50.3. The van der Waals surface area contributed by atoms with E-state index in [4.69, 9.17) is 24.3 Å². The van der Waals surface area contributed by atoms with Crippen LogP contribution in [-0.4, -0.2) is 49.3 Å². The molecule has 0 aliphatic rings. The predicted molar refractivity (Wildman–Crippen MR) is 243 cm³/mol. The van der Waals surface area contributed by atoms with Gasteiger partial charge in [0.1, 0.15) is 6.61 Å². The van der Waals surface area contributed by atoms with E-state index in [0.29, 0.717) is 6.42 Å². The molecule has 0 aromatic rings. The van der Waals surface area contributed by atoms with E-state index >= 15 is 0 Å². The topological polar surface area (TPSA) is 134 Å². The molecule has 0 radical (unpaired) electrons. The predicted octanol–water partition coefficient (Wildman–Crippen LogP) is 14.1. The highest BCUT2D eigenvalue weighted by atomic mass is 31.2. The van der Waals surface area contributed by atoms with Crippen LogP contribution in [0.5, 0.6) is 0 Å². The van der Waals surface area contributed by atoms with Crippen LogP contribution in [-0.2, 0) is 32.7 Å². The van der Waals surface area contributed by atoms with Crippen molar-refractivity contribution in [3.05, 3.63) is 36.5 Å². The molecule has 0 aromatic carbocycles. The minimum absolute atomic E-state index is 0.0507. The van der Waals surface area contributed by atoms with Gasteiger partial charge in [0, 0.05) is 19.4 Å². The molecule has 3 N–H and O–H groups in total. The van der Waals surface area contributed by atoms with Crippen LogP contribution in [0.3, 0.4) is 0 Å². The third-order valence-corrected chi connectivity index (χ3v) is 11.2. The van der Waals surface area contributed by atoms with Gasteiger partial charge in [-0.05, 0) is 70.6 Å². The molecule has 0 saturated heterocycles. The summed E-state index contributed by atoms with van der Waals surface area (Å²) in [5.74, 6) is -0.841. The number of carbonyl (C=O) groups is 2. The Hall–Kier alpha value is -1.77. The number of carbonyl (C=O) groups excluding carboxylic acids is 2. The van der Waals surface area contributed by atoms with Gasteiger partial charge < -0.3 is 20.1 Å². The van der Waals surface area contributed by atoms with Crippen molar-refractivity contribution in [2.24, 2.45) is 5.73 Å². The molecule has 0 aliphatic heterocycles. The second-order valence-electron chi connectivity index (χ2n) is 16.0. The third-order valence-electron chi connectivity index (χ3n) is 10.2. The lowest BCUT2D eigenvalue weighted by Gasteiger charge is -2.19. The lowest BCUT2D eigenvalue weighted by molar-refractivity contribution is -0.161. The molecule has 0 bridgehead atoms. The Morgan fingerprint density at radius 3 is 1.34 bits per heavy atom. The molecule has 0 heterocycles. The quantitative estimate of drug-likeness (QED) is 0.0266. The minimum Gasteiger partial charge on any atom is -0.462 e. The first-order valence-electron chi connectivity index (χ1n) is 24.0. The van der Waals surface area contributed by atoms with Gasteiger partial charge in [0.25, 0.3) is 0 Å². The molecule has 0 rings (SSSR count). The van der Waals surface area contributed by atoms with Crippen LogP contribution in [0.4, 0.5) is 0 Å². The number of ether oxygens (including phenoxy) is 2. The first kappa shape index (κ1) is 56.2. The highest BCUT2D eigenvalue weighted by molar-refractivity contribution is 7.47. The van der Waals surface area contributed by atoms with E-state index in [-0.39, 0.29) is 38.6 Å². The number of esters is 2. The fraction of sp³-hybridized carbons (Fsp3) is 0.833. The molecule has 2 atom stereocenters. The lowest BCUT2D eigenvalue weighted by Crippen LogP contribution is -2.29. The third kappa shape index (κ3) is 43.8. The zero-order valence-electron chi connectivity index (χ0n) is 37.5. The van der Waals surface area contributed by atoms with E-state index in [1.165, 1.54) is 135 Å². The van der Waals surface area contributed by atoms with E-state index in [0.717, 1.165) is 57.8 Å². The standard InChI is InChI=1S/C48H90NO8P/c1-3-5-7-9-11-13-15-17-19-21-22-23-24-25-27-28-30-32-34-36-38-40-47(50)54-44-46(45-56-58(52,53)55-43-42-49)57-48(51)41-39-37-35-33-31-29-26-20-18-16-14-12-10-8-6-4-2/h14,16,20-22,26,46H,3-13,15,17-19,23-25,27-45,49H2,1-2H3,(H,52,53)/b16-14-,22-21-,26-20-. The summed E-state index contributed by atoms with van der Waals surface area (Å²) in [4.78, 5) is 35.0. The zero-order chi connectivity index (χ0) is 42.5. The maximum atomic E-state index is 12.6. The van der Waals surface area contributed by atoms with Crippen molar-refractivity contribution in [3.8, 4) is 0 Å². The number of hydrogen-bond acceptors (Lipinski definition) is 8. The molecule has 0 fully saturated rings. The Morgan fingerprint density at radius 1 is 0.517 bits per heavy atom. The SMILES string of the molecule is CCCCCC/C=C\C/C=C\CCCCCCCC(=O)OC(COC(=O)CCCCCCCCCCC/C=C\CCCCCCCCCC)COP(=O)(O)OCCN. The normalized spacial score (nSPS) is 13.5. The second kappa shape index (κ2) is 44.8. The van der Waals surface area contributed by atoms with Crippen LogP contribution in [0.25, 0.3) is 0 Å². The number of hydrogen-bond donors (Lipinski definition) is 2. The van der Waals surface area contributed by atoms with Crippen LogP contribution in [0, 0.1) is 0 Å². The van der Waals surface area contributed by atoms with Crippen molar-refractivity contribution in [1.29, 1.82) is 0 Å². The smallest absolute Gasteiger partial charge is 0.462 e. The van der Waals surface area contributed by atoms with E-state index in [1.807, 2.05) is 0 Å². The van der Waals surface area contributed by atoms with Crippen molar-refractivity contribution in [2.75, 3.05) is 26.4 Å². The Morgan fingerprint density at radius 2 is 0.897 bits per heavy atom. The van der Waals surface area contributed by atoms with E-state index < -0.39 is 26.5 Å². The first-order valence-corrected chi connectivity index (χ1v) is 25.5. The van der Waals surface area contributed by atoms with Gasteiger partial charge in [0.15, 0.2) is 6.10 Å². The van der Waals surface area contributed by atoms with Gasteiger partial charge in [-0.25, -0.2) is 4.57 Å². The molecule has 340 valence electrons. The molecule has 0 aromatic heterocycles. The zero-order valence-corrected chi connectivity index (χ0v) is 38.4. The largest absolute Gasteiger partial charge is 0.472 e. The lowest BCUT2D eigenvalue weighted by atomic mass is 10.1. The van der Waals surface area contributed by atoms with Gasteiger partial charge >= 0.3 is 19.8 Å². The Balaban J connectivity index is 4.09. The van der Waals surface area contributed by atoms with Crippen LogP contribution < -0.4 is 5.73 Å². The van der Waals surface area contributed by atoms with Gasteiger partial charge in [-0.2, -0.15) is 0 Å². The molecule has 10 heteroatoms. The number of phosphoric acid groups is 1. The number of phosphoric ester groups is 1. The molecule has 2 unspecified atom stereocenters. The average molecular weight is 840 g/mol. The first-order chi connectivity index (χ1) is 28.3. The van der Waals surface area contributed by atoms with Gasteiger partial charge in [0.2, 0.25) is 0 Å². The molecule has 0 saturated carbocycles. The van der Waals surface area contributed by atoms with Gasteiger partial charge in [-0.1, -0.05) is 179 Å². The van der Waals surface area contributed by atoms with Crippen molar-refractivity contribution in [3.63, 3.8) is 0 Å². The van der Waals surface area contributed by atoms with E-state index in [2.05, 4.69) is 50.3 Å². The average Bonchev–Trinajstić information content (AvgIpc) is 3.21. The Kier molecular flexibility index (Phi) is 43.4. The molecule has 9 nitrogen and oxygen atoms in total. The molecular formula is C48H90NO8P. The molecule has 0 amide bonds. The molecular weight excluding hydrogens is 750 g/mol. The molecule has 0 aliphatic carbocycles. The van der Waals surface area contributed by atoms with Gasteiger partial charge in [-0.3, -0.25) is 18.6 Å². The fourth-order valence-electron chi connectivity index (χ4n) is 6.66. The number of rotatable bonds is 45. The summed E-state index contributed by atoms with van der Waals surface area (Å²) >= 11 is 0. The molecule has 0 spiro atoms. The van der Waals surface area contributed by atoms with Crippen LogP contribution in [0.15, 0.2) is 36.5 Å². The summed E-state index contributed by atoms with van der Waals surface area (Å²) in [5.41, 5.74) is 5.36. The highest BCUT2D eigenvalue weighted by Gasteiger charge is 2.26. The Bertz CT molecular complexity index is 1050. The van der Waals surface area contributed by atoms with Gasteiger partial charge in [0.05, 0.1) is 13.2 Å². The summed E-state index contributed by atoms with van der Waals surface area (Å²) in [6, 6.07) is 0.